The van der Waals surface area contributed by atoms with Gasteiger partial charge in [-0.05, 0) is 32.0 Å². The first-order chi connectivity index (χ1) is 8.49. The minimum atomic E-state index is -3.60. The van der Waals surface area contributed by atoms with Crippen LogP contribution < -0.4 is 10.0 Å². The molecule has 2 rings (SSSR count). The summed E-state index contributed by atoms with van der Waals surface area (Å²) in [5, 5.41) is 13.3. The van der Waals surface area contributed by atoms with Crippen molar-refractivity contribution in [3.05, 3.63) is 16.3 Å². The van der Waals surface area contributed by atoms with Gasteiger partial charge >= 0.3 is 5.97 Å². The molecule has 0 aromatic carbocycles. The Morgan fingerprint density at radius 3 is 2.67 bits per heavy atom. The van der Waals surface area contributed by atoms with E-state index < -0.39 is 16.0 Å². The highest BCUT2D eigenvalue weighted by atomic mass is 32.2. The molecule has 0 spiro atoms. The summed E-state index contributed by atoms with van der Waals surface area (Å²) in [6.45, 7) is 1.58. The highest BCUT2D eigenvalue weighted by Crippen LogP contribution is 2.20. The van der Waals surface area contributed by atoms with Gasteiger partial charge in [0, 0.05) is 11.4 Å². The molecule has 2 heterocycles. The number of carbonyl (C=O) groups is 1. The minimum absolute atomic E-state index is 0.0284. The van der Waals surface area contributed by atoms with Gasteiger partial charge in [-0.1, -0.05) is 0 Å². The Labute approximate surface area is 109 Å². The number of thiophene rings is 1. The van der Waals surface area contributed by atoms with Gasteiger partial charge in [-0.3, -0.25) is 0 Å². The topological polar surface area (TPSA) is 95.5 Å². The van der Waals surface area contributed by atoms with Gasteiger partial charge in [0.05, 0.1) is 4.90 Å². The molecule has 0 radical (unpaired) electrons. The number of nitrogens with one attached hydrogen (secondary N) is 2. The SMILES string of the molecule is O=C(O)c1cc(S(=O)(=O)NC2CCNCC2)cs1. The van der Waals surface area contributed by atoms with E-state index in [4.69, 9.17) is 5.11 Å². The molecule has 1 aromatic rings. The van der Waals surface area contributed by atoms with Crippen LogP contribution in [0.3, 0.4) is 0 Å². The van der Waals surface area contributed by atoms with Crippen LogP contribution in [-0.2, 0) is 10.0 Å². The van der Waals surface area contributed by atoms with Crippen molar-refractivity contribution >= 4 is 27.3 Å². The first-order valence-electron chi connectivity index (χ1n) is 5.54. The Morgan fingerprint density at radius 2 is 2.11 bits per heavy atom. The summed E-state index contributed by atoms with van der Waals surface area (Å²) in [6.07, 6.45) is 1.49. The number of piperidine rings is 1. The maximum atomic E-state index is 12.0. The highest BCUT2D eigenvalue weighted by molar-refractivity contribution is 7.89. The van der Waals surface area contributed by atoms with Gasteiger partial charge in [0.2, 0.25) is 10.0 Å². The fourth-order valence-electron chi connectivity index (χ4n) is 1.80. The van der Waals surface area contributed by atoms with E-state index >= 15 is 0 Å². The number of hydrogen-bond donors (Lipinski definition) is 3. The van der Waals surface area contributed by atoms with Crippen LogP contribution in [0.15, 0.2) is 16.3 Å². The van der Waals surface area contributed by atoms with E-state index in [0.717, 1.165) is 37.3 Å². The third kappa shape index (κ3) is 3.08. The van der Waals surface area contributed by atoms with E-state index in [9.17, 15) is 13.2 Å². The predicted octanol–water partition coefficient (Wildman–Crippen LogP) is 0.477. The summed E-state index contributed by atoms with van der Waals surface area (Å²) in [6, 6.07) is 1.11. The third-order valence-electron chi connectivity index (χ3n) is 2.76. The molecule has 0 unspecified atom stereocenters. The predicted molar refractivity (Wildman–Crippen MR) is 67.5 cm³/mol. The number of carboxylic acids is 1. The molecule has 0 saturated carbocycles. The van der Waals surface area contributed by atoms with Crippen LogP contribution in [0.1, 0.15) is 22.5 Å². The molecule has 0 atom stereocenters. The Hall–Kier alpha value is -0.960. The molecule has 1 fully saturated rings. The molecule has 100 valence electrons. The lowest BCUT2D eigenvalue weighted by atomic mass is 10.1. The summed E-state index contributed by atoms with van der Waals surface area (Å²) in [5.74, 6) is -1.11. The summed E-state index contributed by atoms with van der Waals surface area (Å²) in [7, 11) is -3.60. The molecule has 0 aliphatic carbocycles. The zero-order valence-electron chi connectivity index (χ0n) is 9.55. The molecule has 1 aromatic heterocycles. The van der Waals surface area contributed by atoms with Crippen molar-refractivity contribution in [1.82, 2.24) is 10.0 Å². The fourth-order valence-corrected chi connectivity index (χ4v) is 4.22. The van der Waals surface area contributed by atoms with Crippen molar-refractivity contribution in [1.29, 1.82) is 0 Å². The molecule has 0 bridgehead atoms. The van der Waals surface area contributed by atoms with Crippen LogP contribution in [-0.4, -0.2) is 38.6 Å². The number of sulfonamides is 1. The van der Waals surface area contributed by atoms with Crippen LogP contribution in [0, 0.1) is 0 Å². The molecule has 1 saturated heterocycles. The van der Waals surface area contributed by atoms with Gasteiger partial charge in [-0.25, -0.2) is 17.9 Å². The van der Waals surface area contributed by atoms with Crippen molar-refractivity contribution in [2.24, 2.45) is 0 Å². The highest BCUT2D eigenvalue weighted by Gasteiger charge is 2.23. The lowest BCUT2D eigenvalue weighted by Crippen LogP contribution is -2.42. The number of rotatable bonds is 4. The second-order valence-electron chi connectivity index (χ2n) is 4.10. The van der Waals surface area contributed by atoms with E-state index in [0.29, 0.717) is 0 Å². The summed E-state index contributed by atoms with van der Waals surface area (Å²) < 4.78 is 26.6. The first kappa shape index (κ1) is 13.5. The van der Waals surface area contributed by atoms with E-state index in [2.05, 4.69) is 10.0 Å². The molecular formula is C10H14N2O4S2. The summed E-state index contributed by atoms with van der Waals surface area (Å²) in [4.78, 5) is 10.8. The first-order valence-corrected chi connectivity index (χ1v) is 7.90. The Morgan fingerprint density at radius 1 is 1.44 bits per heavy atom. The van der Waals surface area contributed by atoms with Gasteiger partial charge in [0.1, 0.15) is 4.88 Å². The molecule has 8 heteroatoms. The zero-order valence-corrected chi connectivity index (χ0v) is 11.2. The van der Waals surface area contributed by atoms with Gasteiger partial charge in [-0.15, -0.1) is 11.3 Å². The number of carboxylic acid groups (broad SMARTS) is 1. The average Bonchev–Trinajstić information content (AvgIpc) is 2.79. The minimum Gasteiger partial charge on any atom is -0.477 e. The van der Waals surface area contributed by atoms with E-state index in [1.54, 1.807) is 0 Å². The van der Waals surface area contributed by atoms with Crippen LogP contribution in [0.4, 0.5) is 0 Å². The molecule has 3 N–H and O–H groups in total. The number of hydrogen-bond acceptors (Lipinski definition) is 5. The Kier molecular flexibility index (Phi) is 4.00. The van der Waals surface area contributed by atoms with Gasteiger partial charge in [-0.2, -0.15) is 0 Å². The zero-order chi connectivity index (χ0) is 13.2. The maximum absolute atomic E-state index is 12.0. The molecular weight excluding hydrogens is 276 g/mol. The van der Waals surface area contributed by atoms with E-state index in [1.807, 2.05) is 0 Å². The Balaban J connectivity index is 2.11. The van der Waals surface area contributed by atoms with Gasteiger partial charge < -0.3 is 10.4 Å². The van der Waals surface area contributed by atoms with Crippen molar-refractivity contribution < 1.29 is 18.3 Å². The van der Waals surface area contributed by atoms with Crippen molar-refractivity contribution in [2.75, 3.05) is 13.1 Å². The normalized spacial score (nSPS) is 17.8. The summed E-state index contributed by atoms with van der Waals surface area (Å²) in [5.41, 5.74) is 0. The second kappa shape index (κ2) is 5.35. The second-order valence-corrected chi connectivity index (χ2v) is 6.72. The molecule has 6 nitrogen and oxygen atoms in total. The molecule has 0 amide bonds. The van der Waals surface area contributed by atoms with Crippen LogP contribution >= 0.6 is 11.3 Å². The van der Waals surface area contributed by atoms with Crippen LogP contribution in [0.5, 0.6) is 0 Å². The van der Waals surface area contributed by atoms with Crippen molar-refractivity contribution in [3.8, 4) is 0 Å². The molecule has 1 aliphatic rings. The maximum Gasteiger partial charge on any atom is 0.345 e. The Bertz CT molecular complexity index is 532. The fraction of sp³-hybridized carbons (Fsp3) is 0.500. The van der Waals surface area contributed by atoms with E-state index in [1.165, 1.54) is 11.4 Å². The number of aromatic carboxylic acids is 1. The van der Waals surface area contributed by atoms with Crippen molar-refractivity contribution in [2.45, 2.75) is 23.8 Å². The largest absolute Gasteiger partial charge is 0.477 e. The quantitative estimate of drug-likeness (QED) is 0.749. The van der Waals surface area contributed by atoms with Crippen LogP contribution in [0.25, 0.3) is 0 Å². The standard InChI is InChI=1S/C10H14N2O4S2/c13-10(14)9-5-8(6-17-9)18(15,16)12-7-1-3-11-4-2-7/h5-7,11-12H,1-4H2,(H,13,14). The lowest BCUT2D eigenvalue weighted by Gasteiger charge is -2.23. The van der Waals surface area contributed by atoms with Crippen molar-refractivity contribution in [3.63, 3.8) is 0 Å². The molecule has 1 aliphatic heterocycles. The van der Waals surface area contributed by atoms with Gasteiger partial charge in [0.15, 0.2) is 0 Å². The average molecular weight is 290 g/mol. The lowest BCUT2D eigenvalue weighted by molar-refractivity contribution is 0.0702. The third-order valence-corrected chi connectivity index (χ3v) is 5.32. The smallest absolute Gasteiger partial charge is 0.345 e. The monoisotopic (exact) mass is 290 g/mol. The van der Waals surface area contributed by atoms with Crippen LogP contribution in [0.2, 0.25) is 0 Å². The van der Waals surface area contributed by atoms with E-state index in [-0.39, 0.29) is 15.8 Å². The summed E-state index contributed by atoms with van der Waals surface area (Å²) >= 11 is 0.915. The molecule has 18 heavy (non-hydrogen) atoms. The van der Waals surface area contributed by atoms with Gasteiger partial charge in [0.25, 0.3) is 0 Å².